The predicted octanol–water partition coefficient (Wildman–Crippen LogP) is 2.78. The number of anilines is 1. The van der Waals surface area contributed by atoms with Gasteiger partial charge in [0, 0.05) is 17.2 Å². The molecule has 0 saturated heterocycles. The summed E-state index contributed by atoms with van der Waals surface area (Å²) in [5.74, 6) is -3.21. The van der Waals surface area contributed by atoms with Crippen molar-refractivity contribution in [2.24, 2.45) is 11.8 Å². The van der Waals surface area contributed by atoms with Crippen LogP contribution in [0.3, 0.4) is 0 Å². The number of carbonyl (C=O) groups excluding carboxylic acids is 1. The Hall–Kier alpha value is -2.61. The second-order valence-corrected chi connectivity index (χ2v) is 5.76. The van der Waals surface area contributed by atoms with Gasteiger partial charge in [0.05, 0.1) is 29.6 Å². The van der Waals surface area contributed by atoms with Crippen LogP contribution >= 0.6 is 11.6 Å². The highest BCUT2D eigenvalue weighted by molar-refractivity contribution is 6.29. The molecule has 0 saturated carbocycles. The van der Waals surface area contributed by atoms with Crippen LogP contribution < -0.4 is 10.1 Å². The number of rotatable bonds is 5. The molecule has 0 radical (unpaired) electrons. The van der Waals surface area contributed by atoms with Crippen LogP contribution in [0.1, 0.15) is 12.8 Å². The van der Waals surface area contributed by atoms with Gasteiger partial charge >= 0.3 is 5.97 Å². The summed E-state index contributed by atoms with van der Waals surface area (Å²) in [4.78, 5) is 34.1. The van der Waals surface area contributed by atoms with Gasteiger partial charge in [-0.15, -0.1) is 0 Å². The van der Waals surface area contributed by atoms with Crippen molar-refractivity contribution in [2.45, 2.75) is 12.8 Å². The van der Waals surface area contributed by atoms with Crippen molar-refractivity contribution >= 4 is 34.9 Å². The van der Waals surface area contributed by atoms with E-state index in [0.717, 1.165) is 6.07 Å². The van der Waals surface area contributed by atoms with Gasteiger partial charge in [-0.3, -0.25) is 19.7 Å². The smallest absolute Gasteiger partial charge is 0.307 e. The van der Waals surface area contributed by atoms with Crippen LogP contribution in [-0.2, 0) is 9.59 Å². The number of benzene rings is 1. The van der Waals surface area contributed by atoms with Gasteiger partial charge < -0.3 is 15.2 Å². The minimum Gasteiger partial charge on any atom is -0.495 e. The number of carboxylic acid groups (broad SMARTS) is 1. The Labute approximate surface area is 142 Å². The number of amides is 1. The average molecular weight is 355 g/mol. The Kier molecular flexibility index (Phi) is 5.40. The van der Waals surface area contributed by atoms with Gasteiger partial charge in [-0.2, -0.15) is 0 Å². The molecule has 0 fully saturated rings. The van der Waals surface area contributed by atoms with Gasteiger partial charge in [0.25, 0.3) is 5.69 Å². The van der Waals surface area contributed by atoms with Crippen molar-refractivity contribution < 1.29 is 24.4 Å². The maximum Gasteiger partial charge on any atom is 0.307 e. The fourth-order valence-electron chi connectivity index (χ4n) is 2.54. The first-order valence-electron chi connectivity index (χ1n) is 7.04. The number of nitrogens with one attached hydrogen (secondary N) is 1. The second-order valence-electron chi connectivity index (χ2n) is 5.27. The van der Waals surface area contributed by atoms with E-state index in [4.69, 9.17) is 16.3 Å². The molecule has 0 aromatic heterocycles. The molecule has 2 unspecified atom stereocenters. The molecule has 1 amide bonds. The third-order valence-electron chi connectivity index (χ3n) is 3.80. The van der Waals surface area contributed by atoms with E-state index >= 15 is 0 Å². The molecule has 0 heterocycles. The van der Waals surface area contributed by atoms with Crippen LogP contribution in [0.25, 0.3) is 0 Å². The maximum absolute atomic E-state index is 12.5. The van der Waals surface area contributed by atoms with Gasteiger partial charge in [-0.05, 0) is 18.9 Å². The van der Waals surface area contributed by atoms with Gasteiger partial charge in [0.1, 0.15) is 5.75 Å². The number of nitro benzene ring substituents is 1. The first-order valence-corrected chi connectivity index (χ1v) is 7.42. The van der Waals surface area contributed by atoms with E-state index in [1.807, 2.05) is 0 Å². The van der Waals surface area contributed by atoms with E-state index in [1.54, 1.807) is 6.08 Å². The molecule has 2 atom stereocenters. The van der Waals surface area contributed by atoms with Crippen molar-refractivity contribution in [3.05, 3.63) is 39.4 Å². The third kappa shape index (κ3) is 3.83. The van der Waals surface area contributed by atoms with Crippen LogP contribution in [0.15, 0.2) is 29.3 Å². The minimum atomic E-state index is -1.10. The van der Waals surface area contributed by atoms with Crippen molar-refractivity contribution in [1.29, 1.82) is 0 Å². The van der Waals surface area contributed by atoms with E-state index in [-0.39, 0.29) is 30.0 Å². The second kappa shape index (κ2) is 7.31. The number of allylic oxidation sites excluding steroid dienone is 2. The van der Waals surface area contributed by atoms with E-state index in [1.165, 1.54) is 19.2 Å². The molecule has 1 aliphatic carbocycles. The van der Waals surface area contributed by atoms with E-state index in [0.29, 0.717) is 5.03 Å². The summed E-state index contributed by atoms with van der Waals surface area (Å²) in [5, 5.41) is 23.1. The summed E-state index contributed by atoms with van der Waals surface area (Å²) in [6.45, 7) is 0. The zero-order valence-corrected chi connectivity index (χ0v) is 13.4. The molecular formula is C15H15ClN2O6. The molecule has 1 aromatic rings. The minimum absolute atomic E-state index is 0.0988. The molecule has 1 aliphatic rings. The summed E-state index contributed by atoms with van der Waals surface area (Å²) in [6, 6.07) is 3.76. The van der Waals surface area contributed by atoms with Gasteiger partial charge in [0.2, 0.25) is 5.91 Å². The molecule has 9 heteroatoms. The summed E-state index contributed by atoms with van der Waals surface area (Å²) in [7, 11) is 1.36. The van der Waals surface area contributed by atoms with Crippen molar-refractivity contribution in [1.82, 2.24) is 0 Å². The number of ether oxygens (including phenoxy) is 1. The number of nitro groups is 1. The van der Waals surface area contributed by atoms with E-state index < -0.39 is 28.6 Å². The summed E-state index contributed by atoms with van der Waals surface area (Å²) >= 11 is 5.93. The topological polar surface area (TPSA) is 119 Å². The van der Waals surface area contributed by atoms with E-state index in [2.05, 4.69) is 5.32 Å². The zero-order chi connectivity index (χ0) is 17.9. The first kappa shape index (κ1) is 17.7. The highest BCUT2D eigenvalue weighted by Gasteiger charge is 2.36. The molecule has 0 spiro atoms. The number of hydrogen-bond acceptors (Lipinski definition) is 5. The standard InChI is InChI=1S/C15H15ClN2O6/c1-24-13-5-3-9(18(22)23)7-12(13)17-14(19)11-6-8(16)2-4-10(11)15(20)21/h2-3,5,7,10-11H,4,6H2,1H3,(H,17,19)(H,20,21). The monoisotopic (exact) mass is 354 g/mol. The lowest BCUT2D eigenvalue weighted by Gasteiger charge is -2.26. The van der Waals surface area contributed by atoms with Crippen LogP contribution in [-0.4, -0.2) is 29.0 Å². The van der Waals surface area contributed by atoms with Gasteiger partial charge in [-0.1, -0.05) is 17.7 Å². The van der Waals surface area contributed by atoms with Crippen molar-refractivity contribution in [3.8, 4) is 5.75 Å². The molecule has 8 nitrogen and oxygen atoms in total. The first-order chi connectivity index (χ1) is 11.3. The highest BCUT2D eigenvalue weighted by Crippen LogP contribution is 2.34. The molecule has 0 aliphatic heterocycles. The average Bonchev–Trinajstić information content (AvgIpc) is 2.54. The highest BCUT2D eigenvalue weighted by atomic mass is 35.5. The number of nitrogens with zero attached hydrogens (tertiary/aromatic N) is 1. The summed E-state index contributed by atoms with van der Waals surface area (Å²) in [5.41, 5.74) is -0.117. The maximum atomic E-state index is 12.5. The van der Waals surface area contributed by atoms with Gasteiger partial charge in [-0.25, -0.2) is 0 Å². The summed E-state index contributed by atoms with van der Waals surface area (Å²) < 4.78 is 5.07. The number of hydrogen-bond donors (Lipinski definition) is 2. The Balaban J connectivity index is 2.27. The Bertz CT molecular complexity index is 718. The number of halogens is 1. The number of carboxylic acids is 1. The van der Waals surface area contributed by atoms with Crippen LogP contribution in [0.2, 0.25) is 0 Å². The lowest BCUT2D eigenvalue weighted by atomic mass is 9.82. The van der Waals surface area contributed by atoms with Gasteiger partial charge in [0.15, 0.2) is 0 Å². The lowest BCUT2D eigenvalue weighted by molar-refractivity contribution is -0.384. The number of carbonyl (C=O) groups is 2. The fraction of sp³-hybridized carbons (Fsp3) is 0.333. The van der Waals surface area contributed by atoms with Crippen molar-refractivity contribution in [3.63, 3.8) is 0 Å². The molecule has 0 bridgehead atoms. The third-order valence-corrected chi connectivity index (χ3v) is 4.11. The summed E-state index contributed by atoms with van der Waals surface area (Å²) in [6.07, 6.45) is 1.83. The molecule has 2 rings (SSSR count). The quantitative estimate of drug-likeness (QED) is 0.619. The molecule has 24 heavy (non-hydrogen) atoms. The van der Waals surface area contributed by atoms with Crippen LogP contribution in [0.4, 0.5) is 11.4 Å². The Morgan fingerprint density at radius 2 is 2.12 bits per heavy atom. The normalized spacial score (nSPS) is 20.0. The van der Waals surface area contributed by atoms with Crippen LogP contribution in [0.5, 0.6) is 5.75 Å². The Morgan fingerprint density at radius 3 is 2.71 bits per heavy atom. The van der Waals surface area contributed by atoms with E-state index in [9.17, 15) is 24.8 Å². The Morgan fingerprint density at radius 1 is 1.42 bits per heavy atom. The number of methoxy groups -OCH3 is 1. The molecule has 128 valence electrons. The number of non-ortho nitro benzene ring substituents is 1. The molecule has 1 aromatic carbocycles. The van der Waals surface area contributed by atoms with Crippen molar-refractivity contribution in [2.75, 3.05) is 12.4 Å². The zero-order valence-electron chi connectivity index (χ0n) is 12.7. The molecule has 2 N–H and O–H groups in total. The largest absolute Gasteiger partial charge is 0.495 e. The predicted molar refractivity (Wildman–Crippen MR) is 86.1 cm³/mol. The number of aliphatic carboxylic acids is 1. The lowest BCUT2D eigenvalue weighted by Crippen LogP contribution is -2.35. The molecular weight excluding hydrogens is 340 g/mol. The fourth-order valence-corrected chi connectivity index (χ4v) is 2.79. The van der Waals surface area contributed by atoms with Crippen LogP contribution in [0, 0.1) is 22.0 Å². The SMILES string of the molecule is COc1ccc([N+](=O)[O-])cc1NC(=O)C1CC(Cl)=CCC1C(=O)O.